The Labute approximate surface area is 228 Å². The van der Waals surface area contributed by atoms with Gasteiger partial charge in [-0.15, -0.1) is 0 Å². The fraction of sp³-hybridized carbons (Fsp3) is 0.938. The molecule has 4 fully saturated rings. The van der Waals surface area contributed by atoms with Crippen LogP contribution >= 0.6 is 0 Å². The Hall–Kier alpha value is -0.590. The van der Waals surface area contributed by atoms with Crippen molar-refractivity contribution in [2.75, 3.05) is 6.61 Å². The lowest BCUT2D eigenvalue weighted by atomic mass is 9.46. The van der Waals surface area contributed by atoms with Gasteiger partial charge in [0.15, 0.2) is 0 Å². The van der Waals surface area contributed by atoms with Crippen molar-refractivity contribution in [3.8, 4) is 0 Å². The zero-order valence-electron chi connectivity index (χ0n) is 24.2. The molecule has 0 aromatic heterocycles. The topological polar surface area (TPSA) is 49.7 Å². The van der Waals surface area contributed by atoms with Gasteiger partial charge < -0.3 is 14.9 Å². The van der Waals surface area contributed by atoms with Gasteiger partial charge in [0.25, 0.3) is 0 Å². The van der Waals surface area contributed by atoms with Crippen molar-refractivity contribution in [3.05, 3.63) is 11.6 Å². The van der Waals surface area contributed by atoms with Gasteiger partial charge in [-0.1, -0.05) is 39.7 Å². The Morgan fingerprint density at radius 3 is 2.37 bits per heavy atom. The second kappa shape index (κ2) is 9.76. The fourth-order valence-electron chi connectivity index (χ4n) is 9.84. The maximum Gasteiger partial charge on any atom is 0.396 e. The number of fused-ring (bicyclic) bond motifs is 5. The summed E-state index contributed by atoms with van der Waals surface area (Å²) in [5.74, 6) is 3.25. The summed E-state index contributed by atoms with van der Waals surface area (Å²) in [5, 5.41) is 21.5. The average molecular weight is 541 g/mol. The Morgan fingerprint density at radius 2 is 1.74 bits per heavy atom. The first-order chi connectivity index (χ1) is 17.6. The van der Waals surface area contributed by atoms with Crippen LogP contribution in [0, 0.1) is 45.8 Å². The fourth-order valence-corrected chi connectivity index (χ4v) is 9.84. The van der Waals surface area contributed by atoms with E-state index in [-0.39, 0.29) is 24.9 Å². The monoisotopic (exact) mass is 540 g/mol. The number of ether oxygens (including phenoxy) is 1. The van der Waals surface area contributed by atoms with Crippen LogP contribution in [0.3, 0.4) is 0 Å². The minimum absolute atomic E-state index is 0.0821. The first-order valence-electron chi connectivity index (χ1n) is 15.4. The van der Waals surface area contributed by atoms with E-state index < -0.39 is 29.4 Å². The van der Waals surface area contributed by atoms with Crippen LogP contribution in [0.25, 0.3) is 0 Å². The molecule has 5 rings (SSSR count). The SMILES string of the molecule is C[C@H](CCCC(C)(C)O)[C@H]1CC[C@H]2[C@@H]3CC=C4[C@@H](O)[C@@H](OCC5(C(F)(F)F)CC5)CC[C@]4(C)[C@H]3CC[C@]12C. The summed E-state index contributed by atoms with van der Waals surface area (Å²) in [5.41, 5.74) is -0.955. The number of halogens is 3. The molecule has 0 radical (unpaired) electrons. The highest BCUT2D eigenvalue weighted by Crippen LogP contribution is 2.67. The van der Waals surface area contributed by atoms with E-state index in [0.717, 1.165) is 37.2 Å². The van der Waals surface area contributed by atoms with E-state index in [1.165, 1.54) is 32.1 Å². The summed E-state index contributed by atoms with van der Waals surface area (Å²) in [7, 11) is 0. The molecule has 0 bridgehead atoms. The van der Waals surface area contributed by atoms with Crippen molar-refractivity contribution in [3.63, 3.8) is 0 Å². The highest BCUT2D eigenvalue weighted by Gasteiger charge is 2.64. The van der Waals surface area contributed by atoms with Gasteiger partial charge in [0.1, 0.15) is 6.10 Å². The van der Waals surface area contributed by atoms with E-state index in [1.54, 1.807) is 0 Å². The summed E-state index contributed by atoms with van der Waals surface area (Å²) in [6.45, 7) is 10.8. The van der Waals surface area contributed by atoms with E-state index in [2.05, 4.69) is 26.8 Å². The Kier molecular flexibility index (Phi) is 7.42. The summed E-state index contributed by atoms with van der Waals surface area (Å²) in [6, 6.07) is 0. The minimum atomic E-state index is -4.22. The summed E-state index contributed by atoms with van der Waals surface area (Å²) in [6.07, 6.45) is 7.59. The third-order valence-electron chi connectivity index (χ3n) is 12.4. The molecular formula is C32H51F3O3. The molecule has 5 aliphatic rings. The van der Waals surface area contributed by atoms with E-state index in [0.29, 0.717) is 35.5 Å². The maximum absolute atomic E-state index is 13.4. The zero-order valence-corrected chi connectivity index (χ0v) is 24.2. The largest absolute Gasteiger partial charge is 0.396 e. The summed E-state index contributed by atoms with van der Waals surface area (Å²) in [4.78, 5) is 0. The van der Waals surface area contributed by atoms with Crippen LogP contribution in [0.1, 0.15) is 112 Å². The Bertz CT molecular complexity index is 903. The van der Waals surface area contributed by atoms with Crippen molar-refractivity contribution in [2.24, 2.45) is 45.8 Å². The first kappa shape index (κ1) is 28.9. The molecule has 2 N–H and O–H groups in total. The average Bonchev–Trinajstić information content (AvgIpc) is 3.53. The van der Waals surface area contributed by atoms with Gasteiger partial charge in [-0.25, -0.2) is 0 Å². The molecular weight excluding hydrogens is 489 g/mol. The molecule has 38 heavy (non-hydrogen) atoms. The lowest BCUT2D eigenvalue weighted by Crippen LogP contribution is -2.54. The molecule has 0 spiro atoms. The molecule has 218 valence electrons. The predicted octanol–water partition coefficient (Wildman–Crippen LogP) is 7.84. The lowest BCUT2D eigenvalue weighted by molar-refractivity contribution is -0.211. The van der Waals surface area contributed by atoms with Gasteiger partial charge in [-0.3, -0.25) is 0 Å². The van der Waals surface area contributed by atoms with Gasteiger partial charge in [-0.2, -0.15) is 13.2 Å². The van der Waals surface area contributed by atoms with Crippen LogP contribution in [0.5, 0.6) is 0 Å². The minimum Gasteiger partial charge on any atom is -0.390 e. The highest BCUT2D eigenvalue weighted by molar-refractivity contribution is 5.29. The van der Waals surface area contributed by atoms with Crippen molar-refractivity contribution in [2.45, 2.75) is 136 Å². The molecule has 0 aliphatic heterocycles. The number of aliphatic hydroxyl groups excluding tert-OH is 1. The molecule has 9 atom stereocenters. The standard InChI is InChI=1S/C32H51F3O3/c1-20(7-6-14-28(2,3)37)22-10-11-23-21-8-9-25-27(36)26(38-19-31(17-18-31)32(33,34)35)13-16-30(25,5)24(21)12-15-29(22,23)4/h9,20-24,26-27,36-37H,6-8,10-19H2,1-5H3/t20-,21+,22-,23+,24+,26+,27-,29-,30-/m1/s1. The molecule has 0 unspecified atom stereocenters. The van der Waals surface area contributed by atoms with E-state index in [1.807, 2.05) is 13.8 Å². The molecule has 4 saturated carbocycles. The van der Waals surface area contributed by atoms with Crippen LogP contribution < -0.4 is 0 Å². The summed E-state index contributed by atoms with van der Waals surface area (Å²) < 4.78 is 46.1. The third kappa shape index (κ3) is 4.91. The van der Waals surface area contributed by atoms with Gasteiger partial charge in [0, 0.05) is 0 Å². The van der Waals surface area contributed by atoms with E-state index in [9.17, 15) is 23.4 Å². The number of alkyl halides is 3. The number of aliphatic hydroxyl groups is 2. The second-order valence-corrected chi connectivity index (χ2v) is 15.2. The highest BCUT2D eigenvalue weighted by atomic mass is 19.4. The number of hydrogen-bond donors (Lipinski definition) is 2. The zero-order chi connectivity index (χ0) is 27.7. The quantitative estimate of drug-likeness (QED) is 0.308. The molecule has 0 aromatic carbocycles. The van der Waals surface area contributed by atoms with Crippen LogP contribution in [0.4, 0.5) is 13.2 Å². The number of hydrogen-bond acceptors (Lipinski definition) is 3. The Balaban J connectivity index is 1.25. The molecule has 0 amide bonds. The van der Waals surface area contributed by atoms with Gasteiger partial charge >= 0.3 is 6.18 Å². The smallest absolute Gasteiger partial charge is 0.390 e. The molecule has 6 heteroatoms. The Morgan fingerprint density at radius 1 is 1.03 bits per heavy atom. The van der Waals surface area contributed by atoms with Gasteiger partial charge in [-0.05, 0) is 124 Å². The molecule has 0 saturated heterocycles. The molecule has 3 nitrogen and oxygen atoms in total. The predicted molar refractivity (Wildman–Crippen MR) is 143 cm³/mol. The number of rotatable bonds is 8. The number of allylic oxidation sites excluding steroid dienone is 1. The lowest BCUT2D eigenvalue weighted by Gasteiger charge is -2.59. The van der Waals surface area contributed by atoms with Crippen LogP contribution in [0.2, 0.25) is 0 Å². The third-order valence-corrected chi connectivity index (χ3v) is 12.4. The van der Waals surface area contributed by atoms with E-state index in [4.69, 9.17) is 4.74 Å². The van der Waals surface area contributed by atoms with Crippen molar-refractivity contribution in [1.82, 2.24) is 0 Å². The maximum atomic E-state index is 13.4. The second-order valence-electron chi connectivity index (χ2n) is 15.2. The van der Waals surface area contributed by atoms with Crippen LogP contribution in [0.15, 0.2) is 11.6 Å². The van der Waals surface area contributed by atoms with Crippen molar-refractivity contribution < 1.29 is 28.1 Å². The molecule has 5 aliphatic carbocycles. The first-order valence-corrected chi connectivity index (χ1v) is 15.4. The molecule has 0 heterocycles. The summed E-state index contributed by atoms with van der Waals surface area (Å²) >= 11 is 0. The van der Waals surface area contributed by atoms with Crippen molar-refractivity contribution in [1.29, 1.82) is 0 Å². The van der Waals surface area contributed by atoms with Gasteiger partial charge in [0.05, 0.1) is 23.7 Å². The van der Waals surface area contributed by atoms with E-state index >= 15 is 0 Å². The van der Waals surface area contributed by atoms with Crippen LogP contribution in [-0.4, -0.2) is 40.8 Å². The van der Waals surface area contributed by atoms with Crippen LogP contribution in [-0.2, 0) is 4.74 Å². The van der Waals surface area contributed by atoms with Gasteiger partial charge in [0.2, 0.25) is 0 Å². The van der Waals surface area contributed by atoms with Crippen molar-refractivity contribution >= 4 is 0 Å². The normalized spacial score (nSPS) is 43.1. The molecule has 0 aromatic rings.